The van der Waals surface area contributed by atoms with Crippen molar-refractivity contribution in [1.82, 2.24) is 4.90 Å². The summed E-state index contributed by atoms with van der Waals surface area (Å²) in [5.74, 6) is -0.286. The highest BCUT2D eigenvalue weighted by atomic mass is 16.2. The van der Waals surface area contributed by atoms with Crippen molar-refractivity contribution in [3.63, 3.8) is 0 Å². The molecular formula is C20H21NO3. The van der Waals surface area contributed by atoms with Crippen molar-refractivity contribution < 1.29 is 14.4 Å². The lowest BCUT2D eigenvalue weighted by molar-refractivity contribution is -0.123. The van der Waals surface area contributed by atoms with Crippen molar-refractivity contribution >= 4 is 17.6 Å². The van der Waals surface area contributed by atoms with E-state index < -0.39 is 6.04 Å². The average Bonchev–Trinajstić information content (AvgIpc) is 3.17. The van der Waals surface area contributed by atoms with Crippen LogP contribution in [-0.4, -0.2) is 28.5 Å². The Morgan fingerprint density at radius 1 is 1.00 bits per heavy atom. The number of carbonyl (C=O) groups excluding carboxylic acids is 3. The van der Waals surface area contributed by atoms with Crippen molar-refractivity contribution in [3.05, 3.63) is 47.0 Å². The highest BCUT2D eigenvalue weighted by molar-refractivity contribution is 6.23. The van der Waals surface area contributed by atoms with Gasteiger partial charge >= 0.3 is 0 Å². The number of ketones is 1. The molecule has 1 heterocycles. The second-order valence-corrected chi connectivity index (χ2v) is 7.18. The molecule has 0 spiro atoms. The van der Waals surface area contributed by atoms with Gasteiger partial charge in [0.2, 0.25) is 0 Å². The molecule has 0 aromatic heterocycles. The van der Waals surface area contributed by atoms with Crippen molar-refractivity contribution in [2.24, 2.45) is 0 Å². The lowest BCUT2D eigenvalue weighted by atomic mass is 9.89. The lowest BCUT2D eigenvalue weighted by Gasteiger charge is -2.29. The summed E-state index contributed by atoms with van der Waals surface area (Å²) in [5.41, 5.74) is 2.91. The third-order valence-corrected chi connectivity index (χ3v) is 5.65. The van der Waals surface area contributed by atoms with E-state index in [0.717, 1.165) is 24.0 Å². The monoisotopic (exact) mass is 323 g/mol. The molecular weight excluding hydrogens is 302 g/mol. The number of imide groups is 1. The van der Waals surface area contributed by atoms with Crippen LogP contribution in [0.5, 0.6) is 0 Å². The molecule has 2 saturated carbocycles. The topological polar surface area (TPSA) is 54.5 Å². The third kappa shape index (κ3) is 2.24. The van der Waals surface area contributed by atoms with Crippen LogP contribution in [0, 0.1) is 0 Å². The van der Waals surface area contributed by atoms with Crippen LogP contribution in [0.15, 0.2) is 30.4 Å². The van der Waals surface area contributed by atoms with Gasteiger partial charge in [0.15, 0.2) is 5.78 Å². The third-order valence-electron chi connectivity index (χ3n) is 5.65. The van der Waals surface area contributed by atoms with Crippen LogP contribution < -0.4 is 0 Å². The number of Topliss-reactive ketones (excluding diaryl/α,β-unsaturated/α-hetero) is 1. The first kappa shape index (κ1) is 15.3. The van der Waals surface area contributed by atoms with Gasteiger partial charge in [-0.1, -0.05) is 37.1 Å². The van der Waals surface area contributed by atoms with Gasteiger partial charge in [-0.05, 0) is 43.2 Å². The van der Waals surface area contributed by atoms with E-state index in [1.54, 1.807) is 6.07 Å². The summed E-state index contributed by atoms with van der Waals surface area (Å²) < 4.78 is 0. The molecule has 124 valence electrons. The molecule has 1 aliphatic heterocycles. The Morgan fingerprint density at radius 2 is 1.75 bits per heavy atom. The molecule has 4 rings (SSSR count). The standard InChI is InChI=1S/C20H21NO3/c1-12-9-10-16(17(22)11-12)21-19(23)15-8-4-7-14(18(15)20(21)24)13-5-2-3-6-13/h4,7-8,13,16H,1-3,5-6,9-11H2. The normalized spacial score (nSPS) is 24.8. The van der Waals surface area contributed by atoms with E-state index in [2.05, 4.69) is 6.58 Å². The van der Waals surface area contributed by atoms with Gasteiger partial charge < -0.3 is 0 Å². The van der Waals surface area contributed by atoms with Gasteiger partial charge in [0.05, 0.1) is 17.2 Å². The number of rotatable bonds is 2. The first-order valence-electron chi connectivity index (χ1n) is 8.78. The Bertz CT molecular complexity index is 758. The maximum Gasteiger partial charge on any atom is 0.262 e. The molecule has 0 N–H and O–H groups in total. The summed E-state index contributed by atoms with van der Waals surface area (Å²) in [6.07, 6.45) is 5.95. The van der Waals surface area contributed by atoms with Crippen molar-refractivity contribution in [2.75, 3.05) is 0 Å². The van der Waals surface area contributed by atoms with Crippen LogP contribution in [0.1, 0.15) is 77.1 Å². The SMILES string of the molecule is C=C1CCC(N2C(=O)c3cccc(C4CCCC4)c3C2=O)C(=O)C1. The van der Waals surface area contributed by atoms with Crippen LogP contribution >= 0.6 is 0 Å². The van der Waals surface area contributed by atoms with Crippen molar-refractivity contribution in [3.8, 4) is 0 Å². The molecule has 24 heavy (non-hydrogen) atoms. The molecule has 1 atom stereocenters. The Labute approximate surface area is 141 Å². The Morgan fingerprint density at radius 3 is 2.46 bits per heavy atom. The molecule has 1 aromatic rings. The van der Waals surface area contributed by atoms with Crippen molar-refractivity contribution in [1.29, 1.82) is 0 Å². The number of fused-ring (bicyclic) bond motifs is 1. The van der Waals surface area contributed by atoms with Crippen LogP contribution in [0.3, 0.4) is 0 Å². The minimum absolute atomic E-state index is 0.0665. The second-order valence-electron chi connectivity index (χ2n) is 7.18. The van der Waals surface area contributed by atoms with Gasteiger partial charge in [0.1, 0.15) is 0 Å². The number of hydrogen-bond acceptors (Lipinski definition) is 3. The van der Waals surface area contributed by atoms with Gasteiger partial charge in [0.25, 0.3) is 11.8 Å². The fourth-order valence-electron chi connectivity index (χ4n) is 4.42. The van der Waals surface area contributed by atoms with Gasteiger partial charge in [-0.2, -0.15) is 0 Å². The second kappa shape index (κ2) is 5.69. The van der Waals surface area contributed by atoms with Crippen molar-refractivity contribution in [2.45, 2.75) is 56.9 Å². The molecule has 1 unspecified atom stereocenters. The minimum atomic E-state index is -0.626. The highest BCUT2D eigenvalue weighted by Crippen LogP contribution is 2.40. The summed E-state index contributed by atoms with van der Waals surface area (Å²) >= 11 is 0. The zero-order chi connectivity index (χ0) is 16.8. The molecule has 0 radical (unpaired) electrons. The van der Waals surface area contributed by atoms with Gasteiger partial charge in [-0.25, -0.2) is 0 Å². The largest absolute Gasteiger partial charge is 0.297 e. The number of amides is 2. The molecule has 2 aliphatic carbocycles. The lowest BCUT2D eigenvalue weighted by Crippen LogP contribution is -2.46. The predicted octanol–water partition coefficient (Wildman–Crippen LogP) is 3.62. The van der Waals surface area contributed by atoms with E-state index in [1.807, 2.05) is 12.1 Å². The zero-order valence-electron chi connectivity index (χ0n) is 13.7. The van der Waals surface area contributed by atoms with E-state index in [4.69, 9.17) is 0 Å². The number of nitrogens with zero attached hydrogens (tertiary/aromatic N) is 1. The zero-order valence-corrected chi connectivity index (χ0v) is 13.7. The molecule has 2 amide bonds. The van der Waals surface area contributed by atoms with Gasteiger partial charge in [0, 0.05) is 6.42 Å². The van der Waals surface area contributed by atoms with Crippen LogP contribution in [-0.2, 0) is 4.79 Å². The first-order valence-corrected chi connectivity index (χ1v) is 8.78. The number of allylic oxidation sites excluding steroid dienone is 1. The van der Waals surface area contributed by atoms with Gasteiger partial charge in [-0.15, -0.1) is 0 Å². The quantitative estimate of drug-likeness (QED) is 0.617. The maximum absolute atomic E-state index is 13.0. The summed E-state index contributed by atoms with van der Waals surface area (Å²) in [5, 5.41) is 0. The first-order chi connectivity index (χ1) is 11.6. The van der Waals surface area contributed by atoms with Crippen LogP contribution in [0.2, 0.25) is 0 Å². The van der Waals surface area contributed by atoms with E-state index in [0.29, 0.717) is 29.9 Å². The van der Waals surface area contributed by atoms with E-state index in [9.17, 15) is 14.4 Å². The molecule has 0 bridgehead atoms. The van der Waals surface area contributed by atoms with Crippen LogP contribution in [0.25, 0.3) is 0 Å². The summed E-state index contributed by atoms with van der Waals surface area (Å²) in [6.45, 7) is 3.86. The van der Waals surface area contributed by atoms with E-state index in [1.165, 1.54) is 17.7 Å². The molecule has 3 aliphatic rings. The summed E-state index contributed by atoms with van der Waals surface area (Å²) in [7, 11) is 0. The molecule has 1 aromatic carbocycles. The fraction of sp³-hybridized carbons (Fsp3) is 0.450. The van der Waals surface area contributed by atoms with E-state index in [-0.39, 0.29) is 24.0 Å². The molecule has 0 saturated heterocycles. The Balaban J connectivity index is 1.72. The Kier molecular flexibility index (Phi) is 3.63. The number of hydrogen-bond donors (Lipinski definition) is 0. The Hall–Kier alpha value is -2.23. The molecule has 2 fully saturated rings. The molecule has 4 nitrogen and oxygen atoms in total. The predicted molar refractivity (Wildman–Crippen MR) is 89.9 cm³/mol. The smallest absolute Gasteiger partial charge is 0.262 e. The maximum atomic E-state index is 13.0. The summed E-state index contributed by atoms with van der Waals surface area (Å²) in [6, 6.07) is 4.94. The highest BCUT2D eigenvalue weighted by Gasteiger charge is 2.45. The van der Waals surface area contributed by atoms with Crippen LogP contribution in [0.4, 0.5) is 0 Å². The fourth-order valence-corrected chi connectivity index (χ4v) is 4.42. The van der Waals surface area contributed by atoms with E-state index >= 15 is 0 Å². The average molecular weight is 323 g/mol. The molecule has 4 heteroatoms. The number of carbonyl (C=O) groups is 3. The van der Waals surface area contributed by atoms with Gasteiger partial charge in [-0.3, -0.25) is 19.3 Å². The minimum Gasteiger partial charge on any atom is -0.297 e. The number of benzene rings is 1. The summed E-state index contributed by atoms with van der Waals surface area (Å²) in [4.78, 5) is 39.5.